The van der Waals surface area contributed by atoms with Crippen molar-refractivity contribution in [3.05, 3.63) is 29.8 Å². The van der Waals surface area contributed by atoms with E-state index in [1.165, 1.54) is 12.1 Å². The van der Waals surface area contributed by atoms with Gasteiger partial charge in [-0.3, -0.25) is 4.79 Å². The number of hydrogen-bond donors (Lipinski definition) is 1. The van der Waals surface area contributed by atoms with E-state index >= 15 is 0 Å². The zero-order chi connectivity index (χ0) is 12.7. The maximum absolute atomic E-state index is 11.1. The number of phenols is 1. The van der Waals surface area contributed by atoms with Gasteiger partial charge in [-0.15, -0.1) is 0 Å². The van der Waals surface area contributed by atoms with Gasteiger partial charge in [0, 0.05) is 15.6 Å². The van der Waals surface area contributed by atoms with Crippen LogP contribution < -0.4 is 0 Å². The fourth-order valence-corrected chi connectivity index (χ4v) is 1.33. The Bertz CT molecular complexity index is 461. The second kappa shape index (κ2) is 3.70. The van der Waals surface area contributed by atoms with Crippen molar-refractivity contribution in [3.8, 4) is 5.75 Å². The lowest BCUT2D eigenvalue weighted by Crippen LogP contribution is -2.10. The molecular formula is C11H12O3. The number of ether oxygens (including phenoxy) is 1. The zero-order valence-electron chi connectivity index (χ0n) is 10.5. The van der Waals surface area contributed by atoms with Gasteiger partial charge in [0.05, 0.1) is 1.37 Å². The van der Waals surface area contributed by atoms with Gasteiger partial charge in [-0.1, -0.05) is 12.1 Å². The van der Waals surface area contributed by atoms with Crippen molar-refractivity contribution in [1.82, 2.24) is 0 Å². The largest absolute Gasteiger partial charge is 0.508 e. The maximum Gasteiger partial charge on any atom is 0.306 e. The molecule has 0 bridgehead atoms. The molecule has 0 aromatic heterocycles. The molecule has 3 nitrogen and oxygen atoms in total. The first kappa shape index (κ1) is 6.06. The second-order valence-electron chi connectivity index (χ2n) is 3.10. The number of aromatic hydroxyl groups is 1. The quantitative estimate of drug-likeness (QED) is 0.730. The molecule has 1 atom stereocenters. The van der Waals surface area contributed by atoms with Gasteiger partial charge in [-0.05, 0) is 24.1 Å². The summed E-state index contributed by atoms with van der Waals surface area (Å²) in [6.45, 7) is 0. The van der Waals surface area contributed by atoms with Gasteiger partial charge in [0.1, 0.15) is 11.8 Å². The van der Waals surface area contributed by atoms with Crippen LogP contribution >= 0.6 is 0 Å². The predicted molar refractivity (Wildman–Crippen MR) is 50.9 cm³/mol. The summed E-state index contributed by atoms with van der Waals surface area (Å²) < 4.78 is 28.0. The molecule has 1 aromatic rings. The molecular weight excluding hydrogens is 180 g/mol. The third kappa shape index (κ3) is 2.05. The van der Waals surface area contributed by atoms with E-state index in [9.17, 15) is 9.90 Å². The lowest BCUT2D eigenvalue weighted by atomic mass is 10.1. The van der Waals surface area contributed by atoms with Crippen LogP contribution in [0, 0.1) is 0 Å². The summed E-state index contributed by atoms with van der Waals surface area (Å²) in [5, 5.41) is 9.29. The van der Waals surface area contributed by atoms with E-state index < -0.39 is 24.8 Å². The van der Waals surface area contributed by atoms with E-state index in [1.54, 1.807) is 12.1 Å². The minimum absolute atomic E-state index is 0.0379. The highest BCUT2D eigenvalue weighted by molar-refractivity contribution is 5.71. The van der Waals surface area contributed by atoms with Gasteiger partial charge < -0.3 is 9.84 Å². The molecule has 2 rings (SSSR count). The number of esters is 1. The first-order valence-corrected chi connectivity index (χ1v) is 4.32. The van der Waals surface area contributed by atoms with E-state index in [-0.39, 0.29) is 12.2 Å². The Morgan fingerprint density at radius 2 is 2.57 bits per heavy atom. The van der Waals surface area contributed by atoms with Crippen molar-refractivity contribution >= 4 is 5.97 Å². The molecule has 1 aromatic carbocycles. The Kier molecular flexibility index (Phi) is 1.60. The summed E-state index contributed by atoms with van der Waals surface area (Å²) in [7, 11) is 0. The monoisotopic (exact) mass is 195 g/mol. The Morgan fingerprint density at radius 3 is 3.21 bits per heavy atom. The number of cyclic esters (lactones) is 1. The normalized spacial score (nSPS) is 32.9. The Morgan fingerprint density at radius 1 is 1.71 bits per heavy atom. The van der Waals surface area contributed by atoms with Crippen molar-refractivity contribution in [2.45, 2.75) is 25.3 Å². The molecule has 0 spiro atoms. The number of carbonyl (C=O) groups is 1. The lowest BCUT2D eigenvalue weighted by Gasteiger charge is -2.08. The number of carbonyl (C=O) groups excluding carboxylic acids is 1. The van der Waals surface area contributed by atoms with E-state index in [0.29, 0.717) is 5.56 Å². The molecule has 0 saturated carbocycles. The predicted octanol–water partition coefficient (Wildman–Crippen LogP) is 1.64. The van der Waals surface area contributed by atoms with Crippen LogP contribution in [-0.4, -0.2) is 17.2 Å². The topological polar surface area (TPSA) is 46.5 Å². The van der Waals surface area contributed by atoms with Crippen LogP contribution in [0.5, 0.6) is 5.75 Å². The molecule has 1 aliphatic heterocycles. The molecule has 1 heterocycles. The van der Waals surface area contributed by atoms with Crippen LogP contribution in [0.15, 0.2) is 24.3 Å². The van der Waals surface area contributed by atoms with E-state index in [4.69, 9.17) is 8.85 Å². The van der Waals surface area contributed by atoms with Crippen LogP contribution in [0.4, 0.5) is 0 Å². The number of hydrogen-bond acceptors (Lipinski definition) is 3. The smallest absolute Gasteiger partial charge is 0.306 e. The molecule has 1 unspecified atom stereocenters. The van der Waals surface area contributed by atoms with Gasteiger partial charge in [0.2, 0.25) is 0 Å². The van der Waals surface area contributed by atoms with Crippen molar-refractivity contribution in [2.24, 2.45) is 0 Å². The standard InChI is InChI=1S/C11H12O3/c12-9-3-1-2-8(6-9)7-10-4-5-11(13)14-10/h1-3,6,10,12H,4-5,7H2/i4D2,10D. The molecule has 14 heavy (non-hydrogen) atoms. The van der Waals surface area contributed by atoms with Crippen LogP contribution in [0.25, 0.3) is 0 Å². The molecule has 1 N–H and O–H groups in total. The summed E-state index contributed by atoms with van der Waals surface area (Å²) >= 11 is 0. The van der Waals surface area contributed by atoms with Crippen LogP contribution in [0.2, 0.25) is 0 Å². The first-order chi connectivity index (χ1) is 7.82. The lowest BCUT2D eigenvalue weighted by molar-refractivity contribution is -0.141. The molecule has 1 aliphatic rings. The zero-order valence-corrected chi connectivity index (χ0v) is 7.49. The fourth-order valence-electron chi connectivity index (χ4n) is 1.33. The van der Waals surface area contributed by atoms with E-state index in [0.717, 1.165) is 0 Å². The molecule has 3 heteroatoms. The molecule has 1 fully saturated rings. The summed E-state index contributed by atoms with van der Waals surface area (Å²) in [4.78, 5) is 11.1. The average Bonchev–Trinajstić information content (AvgIpc) is 2.34. The van der Waals surface area contributed by atoms with E-state index in [2.05, 4.69) is 0 Å². The maximum atomic E-state index is 11.1. The van der Waals surface area contributed by atoms with Crippen molar-refractivity contribution in [3.63, 3.8) is 0 Å². The van der Waals surface area contributed by atoms with Gasteiger partial charge in [-0.25, -0.2) is 0 Å². The molecule has 0 aliphatic carbocycles. The average molecular weight is 195 g/mol. The summed E-state index contributed by atoms with van der Waals surface area (Å²) in [5.74, 6) is -0.666. The van der Waals surface area contributed by atoms with Crippen LogP contribution in [-0.2, 0) is 16.0 Å². The number of rotatable bonds is 2. The van der Waals surface area contributed by atoms with Gasteiger partial charge >= 0.3 is 5.97 Å². The number of benzene rings is 1. The van der Waals surface area contributed by atoms with Crippen molar-refractivity contribution in [1.29, 1.82) is 0 Å². The van der Waals surface area contributed by atoms with Crippen LogP contribution in [0.1, 0.15) is 22.5 Å². The summed E-state index contributed by atoms with van der Waals surface area (Å²) in [6, 6.07) is 6.16. The number of phenolic OH excluding ortho intramolecular Hbond substituents is 1. The Labute approximate surface area is 86.5 Å². The molecule has 1 saturated heterocycles. The van der Waals surface area contributed by atoms with Crippen molar-refractivity contribution in [2.75, 3.05) is 0 Å². The van der Waals surface area contributed by atoms with Crippen LogP contribution in [0.3, 0.4) is 0 Å². The first-order valence-electron chi connectivity index (χ1n) is 5.82. The summed E-state index contributed by atoms with van der Waals surface area (Å²) in [5.41, 5.74) is 0.554. The summed E-state index contributed by atoms with van der Waals surface area (Å²) in [6.07, 6.45) is -4.43. The minimum Gasteiger partial charge on any atom is -0.508 e. The molecule has 74 valence electrons. The van der Waals surface area contributed by atoms with E-state index in [1.807, 2.05) is 0 Å². The SMILES string of the molecule is [2H]C1([2H])CC(=O)OC1([2H])Cc1cccc(O)c1. The van der Waals surface area contributed by atoms with Gasteiger partial charge in [0.15, 0.2) is 0 Å². The van der Waals surface area contributed by atoms with Gasteiger partial charge in [-0.2, -0.15) is 0 Å². The third-order valence-corrected chi connectivity index (χ3v) is 1.94. The molecule has 0 radical (unpaired) electrons. The van der Waals surface area contributed by atoms with Crippen molar-refractivity contribution < 1.29 is 18.8 Å². The highest BCUT2D eigenvalue weighted by Crippen LogP contribution is 2.20. The highest BCUT2D eigenvalue weighted by Gasteiger charge is 2.23. The third-order valence-electron chi connectivity index (χ3n) is 1.94. The Balaban J connectivity index is 2.26. The molecule has 0 amide bonds. The fraction of sp³-hybridized carbons (Fsp3) is 0.364. The Hall–Kier alpha value is -1.51. The highest BCUT2D eigenvalue weighted by atomic mass is 16.5. The van der Waals surface area contributed by atoms with Gasteiger partial charge in [0.25, 0.3) is 0 Å². The minimum atomic E-state index is -2.02. The second-order valence-corrected chi connectivity index (χ2v) is 3.10.